The molecular weight excluding hydrogens is 480 g/mol. The highest BCUT2D eigenvalue weighted by Gasteiger charge is 2.26. The van der Waals surface area contributed by atoms with Crippen LogP contribution in [0, 0.1) is 6.92 Å². The van der Waals surface area contributed by atoms with Crippen molar-refractivity contribution in [3.05, 3.63) is 67.2 Å². The van der Waals surface area contributed by atoms with Crippen molar-refractivity contribution < 1.29 is 14.3 Å². The van der Waals surface area contributed by atoms with Crippen LogP contribution in [0.1, 0.15) is 47.5 Å². The van der Waals surface area contributed by atoms with Crippen LogP contribution in [0.5, 0.6) is 0 Å². The molecule has 1 aliphatic heterocycles. The van der Waals surface area contributed by atoms with Gasteiger partial charge in [-0.15, -0.1) is 11.3 Å². The van der Waals surface area contributed by atoms with Crippen LogP contribution in [0.3, 0.4) is 0 Å². The number of hydrogen-bond donors (Lipinski definition) is 1. The molecule has 1 saturated heterocycles. The first-order valence-electron chi connectivity index (χ1n) is 12.3. The van der Waals surface area contributed by atoms with Crippen molar-refractivity contribution in [2.24, 2.45) is 0 Å². The Morgan fingerprint density at radius 3 is 2.50 bits per heavy atom. The molecule has 3 aromatic rings. The minimum Gasteiger partial charge on any atom is -0.376 e. The van der Waals surface area contributed by atoms with Gasteiger partial charge in [-0.3, -0.25) is 23.5 Å². The predicted molar refractivity (Wildman–Crippen MR) is 140 cm³/mol. The van der Waals surface area contributed by atoms with E-state index in [4.69, 9.17) is 4.74 Å². The quantitative estimate of drug-likeness (QED) is 0.474. The molecule has 9 nitrogen and oxygen atoms in total. The lowest BCUT2D eigenvalue weighted by Gasteiger charge is -2.17. The van der Waals surface area contributed by atoms with E-state index in [0.29, 0.717) is 46.9 Å². The number of benzene rings is 1. The predicted octanol–water partition coefficient (Wildman–Crippen LogP) is 2.36. The van der Waals surface area contributed by atoms with Crippen LogP contribution in [0.15, 0.2) is 39.9 Å². The molecule has 10 heteroatoms. The Bertz CT molecular complexity index is 1360. The molecule has 192 valence electrons. The first-order chi connectivity index (χ1) is 17.3. The number of hydrogen-bond acceptors (Lipinski definition) is 6. The van der Waals surface area contributed by atoms with Crippen LogP contribution in [-0.4, -0.2) is 58.2 Å². The van der Waals surface area contributed by atoms with Crippen molar-refractivity contribution in [2.75, 3.05) is 26.2 Å². The largest absolute Gasteiger partial charge is 0.376 e. The topological polar surface area (TPSA) is 103 Å². The molecule has 0 spiro atoms. The number of fused-ring (bicyclic) bond motifs is 1. The number of nitrogens with one attached hydrogen (secondary N) is 1. The summed E-state index contributed by atoms with van der Waals surface area (Å²) in [5.74, 6) is -0.531. The van der Waals surface area contributed by atoms with Crippen LogP contribution < -0.4 is 16.6 Å². The van der Waals surface area contributed by atoms with Crippen molar-refractivity contribution in [1.82, 2.24) is 19.4 Å². The van der Waals surface area contributed by atoms with Gasteiger partial charge in [-0.25, -0.2) is 4.79 Å². The highest BCUT2D eigenvalue weighted by Crippen LogP contribution is 2.29. The zero-order chi connectivity index (χ0) is 25.8. The van der Waals surface area contributed by atoms with E-state index in [2.05, 4.69) is 5.32 Å². The van der Waals surface area contributed by atoms with Gasteiger partial charge >= 0.3 is 5.69 Å². The Balaban J connectivity index is 1.80. The van der Waals surface area contributed by atoms with Gasteiger partial charge in [-0.1, -0.05) is 30.3 Å². The molecule has 1 atom stereocenters. The summed E-state index contributed by atoms with van der Waals surface area (Å²) in [6, 6.07) is 9.22. The molecule has 1 aromatic carbocycles. The lowest BCUT2D eigenvalue weighted by Crippen LogP contribution is -2.43. The fourth-order valence-corrected chi connectivity index (χ4v) is 5.79. The molecule has 0 saturated carbocycles. The molecule has 2 amide bonds. The van der Waals surface area contributed by atoms with Crippen molar-refractivity contribution in [3.8, 4) is 0 Å². The van der Waals surface area contributed by atoms with Gasteiger partial charge in [0.25, 0.3) is 11.5 Å². The van der Waals surface area contributed by atoms with Gasteiger partial charge in [0.2, 0.25) is 5.91 Å². The highest BCUT2D eigenvalue weighted by atomic mass is 32.1. The summed E-state index contributed by atoms with van der Waals surface area (Å²) in [6.07, 6.45) is 1.82. The third-order valence-electron chi connectivity index (χ3n) is 6.58. The number of carbonyl (C=O) groups is 2. The molecule has 4 rings (SSSR count). The van der Waals surface area contributed by atoms with Gasteiger partial charge in [0.15, 0.2) is 0 Å². The average molecular weight is 513 g/mol. The van der Waals surface area contributed by atoms with E-state index in [-0.39, 0.29) is 31.0 Å². The monoisotopic (exact) mass is 512 g/mol. The summed E-state index contributed by atoms with van der Waals surface area (Å²) in [5, 5.41) is 3.15. The molecule has 1 aliphatic rings. The normalized spacial score (nSPS) is 15.4. The number of rotatable bonds is 9. The Kier molecular flexibility index (Phi) is 8.05. The van der Waals surface area contributed by atoms with Crippen molar-refractivity contribution in [1.29, 1.82) is 0 Å². The molecule has 36 heavy (non-hydrogen) atoms. The lowest BCUT2D eigenvalue weighted by molar-refractivity contribution is -0.122. The molecule has 0 bridgehead atoms. The summed E-state index contributed by atoms with van der Waals surface area (Å²) >= 11 is 1.10. The van der Waals surface area contributed by atoms with E-state index in [1.807, 2.05) is 44.2 Å². The smallest absolute Gasteiger partial charge is 0.332 e. The van der Waals surface area contributed by atoms with Gasteiger partial charge in [0, 0.05) is 26.2 Å². The number of aromatic nitrogens is 2. The maximum atomic E-state index is 13.6. The number of ether oxygens (including phenoxy) is 1. The summed E-state index contributed by atoms with van der Waals surface area (Å²) in [4.78, 5) is 55.6. The van der Waals surface area contributed by atoms with Gasteiger partial charge in [0.05, 0.1) is 22.9 Å². The van der Waals surface area contributed by atoms with Crippen LogP contribution in [-0.2, 0) is 22.6 Å². The standard InChI is InChI=1S/C26H32N4O5S/c1-4-28(5-2)24(33)22-17(3)21-23(32)29(15-18-10-7-6-8-11-18)26(34)30(25(21)36-22)16-20(31)27-14-19-12-9-13-35-19/h6-8,10-11,19H,4-5,9,12-16H2,1-3H3,(H,27,31)/t19-/m0/s1. The second-order valence-electron chi connectivity index (χ2n) is 8.90. The summed E-state index contributed by atoms with van der Waals surface area (Å²) < 4.78 is 8.04. The zero-order valence-electron chi connectivity index (χ0n) is 20.9. The van der Waals surface area contributed by atoms with E-state index < -0.39 is 11.2 Å². The van der Waals surface area contributed by atoms with E-state index in [1.54, 1.807) is 11.8 Å². The molecule has 2 aromatic heterocycles. The third-order valence-corrected chi connectivity index (χ3v) is 7.88. The summed E-state index contributed by atoms with van der Waals surface area (Å²) in [7, 11) is 0. The highest BCUT2D eigenvalue weighted by molar-refractivity contribution is 7.20. The first kappa shape index (κ1) is 25.8. The fourth-order valence-electron chi connectivity index (χ4n) is 4.53. The van der Waals surface area contributed by atoms with E-state index >= 15 is 0 Å². The maximum Gasteiger partial charge on any atom is 0.332 e. The van der Waals surface area contributed by atoms with Gasteiger partial charge < -0.3 is 15.0 Å². The van der Waals surface area contributed by atoms with Gasteiger partial charge in [-0.05, 0) is 44.7 Å². The Labute approximate surface area is 213 Å². The Hall–Kier alpha value is -3.24. The number of amides is 2. The second-order valence-corrected chi connectivity index (χ2v) is 9.90. The number of carbonyl (C=O) groups excluding carboxylic acids is 2. The van der Waals surface area contributed by atoms with Crippen molar-refractivity contribution in [3.63, 3.8) is 0 Å². The molecule has 1 fully saturated rings. The summed E-state index contributed by atoms with van der Waals surface area (Å²) in [5.41, 5.74) is 0.291. The van der Waals surface area contributed by atoms with Crippen molar-refractivity contribution in [2.45, 2.75) is 52.8 Å². The Morgan fingerprint density at radius 2 is 1.86 bits per heavy atom. The SMILES string of the molecule is CCN(CC)C(=O)c1sc2c(c1C)c(=O)n(Cc1ccccc1)c(=O)n2CC(=O)NC[C@@H]1CCCO1. The third kappa shape index (κ3) is 5.15. The van der Waals surface area contributed by atoms with Gasteiger partial charge in [0.1, 0.15) is 11.4 Å². The summed E-state index contributed by atoms with van der Waals surface area (Å²) in [6.45, 7) is 7.45. The molecular formula is C26H32N4O5S. The van der Waals surface area contributed by atoms with E-state index in [9.17, 15) is 19.2 Å². The number of nitrogens with zero attached hydrogens (tertiary/aromatic N) is 3. The molecule has 0 radical (unpaired) electrons. The van der Waals surface area contributed by atoms with Crippen LogP contribution in [0.4, 0.5) is 0 Å². The van der Waals surface area contributed by atoms with Crippen LogP contribution in [0.2, 0.25) is 0 Å². The van der Waals surface area contributed by atoms with Crippen LogP contribution in [0.25, 0.3) is 10.2 Å². The molecule has 0 unspecified atom stereocenters. The van der Waals surface area contributed by atoms with E-state index in [0.717, 1.165) is 34.3 Å². The molecule has 0 aliphatic carbocycles. The first-order valence-corrected chi connectivity index (χ1v) is 13.2. The van der Waals surface area contributed by atoms with Gasteiger partial charge in [-0.2, -0.15) is 0 Å². The maximum absolute atomic E-state index is 13.6. The van der Waals surface area contributed by atoms with E-state index in [1.165, 1.54) is 4.57 Å². The molecule has 3 heterocycles. The lowest BCUT2D eigenvalue weighted by atomic mass is 10.2. The number of aryl methyl sites for hydroxylation is 1. The van der Waals surface area contributed by atoms with Crippen LogP contribution >= 0.6 is 11.3 Å². The second kappa shape index (κ2) is 11.2. The minimum atomic E-state index is -0.577. The molecule has 1 N–H and O–H groups in total. The Morgan fingerprint density at radius 1 is 1.14 bits per heavy atom. The zero-order valence-corrected chi connectivity index (χ0v) is 21.7. The number of thiophene rings is 1. The minimum absolute atomic E-state index is 0.0278. The average Bonchev–Trinajstić information content (AvgIpc) is 3.52. The fraction of sp³-hybridized carbons (Fsp3) is 0.462. The van der Waals surface area contributed by atoms with Crippen molar-refractivity contribution >= 4 is 33.4 Å².